The molecular weight excluding hydrogens is 464 g/mol. The molecule has 3 aliphatic carbocycles. The lowest BCUT2D eigenvalue weighted by molar-refractivity contribution is -0.140. The molecule has 6 nitrogen and oxygen atoms in total. The summed E-state index contributed by atoms with van der Waals surface area (Å²) in [5.74, 6) is -3.22. The van der Waals surface area contributed by atoms with Gasteiger partial charge in [0.25, 0.3) is 0 Å². The molecule has 4 atom stereocenters. The lowest BCUT2D eigenvalue weighted by Crippen LogP contribution is -2.50. The molecular formula is C28H27ClN2O4. The van der Waals surface area contributed by atoms with Crippen LogP contribution in [0.25, 0.3) is 0 Å². The second-order valence-corrected chi connectivity index (χ2v) is 9.94. The van der Waals surface area contributed by atoms with E-state index < -0.39 is 35.5 Å². The molecule has 5 aliphatic rings. The molecule has 2 bridgehead atoms. The first-order chi connectivity index (χ1) is 17.0. The first-order valence-electron chi connectivity index (χ1n) is 12.0. The average Bonchev–Trinajstić information content (AvgIpc) is 3.29. The van der Waals surface area contributed by atoms with Gasteiger partial charge in [0.15, 0.2) is 0 Å². The van der Waals surface area contributed by atoms with Crippen molar-refractivity contribution in [1.82, 2.24) is 9.80 Å². The van der Waals surface area contributed by atoms with E-state index in [9.17, 15) is 19.2 Å². The molecule has 2 aliphatic heterocycles. The maximum absolute atomic E-state index is 13.4. The number of benzene rings is 2. The molecule has 180 valence electrons. The molecule has 7 rings (SSSR count). The van der Waals surface area contributed by atoms with Crippen molar-refractivity contribution in [3.05, 3.63) is 83.9 Å². The minimum absolute atomic E-state index is 0.219. The largest absolute Gasteiger partial charge is 0.278 e. The second-order valence-electron chi connectivity index (χ2n) is 9.41. The topological polar surface area (TPSA) is 74.8 Å². The number of alkyl halides is 1. The van der Waals surface area contributed by atoms with Gasteiger partial charge in [-0.05, 0) is 11.1 Å². The van der Waals surface area contributed by atoms with Crippen molar-refractivity contribution in [1.29, 1.82) is 0 Å². The van der Waals surface area contributed by atoms with Gasteiger partial charge >= 0.3 is 0 Å². The third-order valence-corrected chi connectivity index (χ3v) is 7.56. The van der Waals surface area contributed by atoms with Gasteiger partial charge in [0, 0.05) is 17.7 Å². The van der Waals surface area contributed by atoms with Crippen molar-refractivity contribution in [3.63, 3.8) is 0 Å². The monoisotopic (exact) mass is 490 g/mol. The van der Waals surface area contributed by atoms with E-state index in [0.29, 0.717) is 0 Å². The summed E-state index contributed by atoms with van der Waals surface area (Å²) < 4.78 is 0. The molecule has 4 amide bonds. The summed E-state index contributed by atoms with van der Waals surface area (Å²) in [5.41, 5.74) is 1.77. The van der Waals surface area contributed by atoms with Crippen molar-refractivity contribution < 1.29 is 19.2 Å². The fourth-order valence-electron chi connectivity index (χ4n) is 6.19. The number of imide groups is 2. The number of halogens is 1. The molecule has 0 aromatic heterocycles. The van der Waals surface area contributed by atoms with Gasteiger partial charge in [-0.2, -0.15) is 0 Å². The zero-order valence-corrected chi connectivity index (χ0v) is 20.2. The quantitative estimate of drug-likeness (QED) is 0.372. The van der Waals surface area contributed by atoms with Gasteiger partial charge < -0.3 is 0 Å². The minimum Gasteiger partial charge on any atom is -0.278 e. The Balaban J connectivity index is 0.000000806. The number of allylic oxidation sites excluding steroid dienone is 2. The van der Waals surface area contributed by atoms with Crippen LogP contribution < -0.4 is 0 Å². The summed E-state index contributed by atoms with van der Waals surface area (Å²) in [5, 5.41) is 0. The number of nitrogens with zero attached hydrogens (tertiary/aromatic N) is 2. The van der Waals surface area contributed by atoms with E-state index in [1.807, 2.05) is 79.7 Å². The summed E-state index contributed by atoms with van der Waals surface area (Å²) in [6, 6.07) is 18.8. The Morgan fingerprint density at radius 3 is 1.17 bits per heavy atom. The van der Waals surface area contributed by atoms with Crippen molar-refractivity contribution in [2.45, 2.75) is 20.0 Å². The van der Waals surface area contributed by atoms with E-state index in [1.54, 1.807) is 0 Å². The molecule has 2 heterocycles. The molecule has 2 saturated heterocycles. The summed E-state index contributed by atoms with van der Waals surface area (Å²) in [6.07, 6.45) is 3.81. The number of amides is 4. The van der Waals surface area contributed by atoms with Crippen LogP contribution in [0.2, 0.25) is 0 Å². The van der Waals surface area contributed by atoms with Crippen LogP contribution in [0.15, 0.2) is 72.8 Å². The Hall–Kier alpha value is -3.25. The van der Waals surface area contributed by atoms with Gasteiger partial charge in [0.2, 0.25) is 23.6 Å². The normalized spacial score (nSPS) is 30.3. The van der Waals surface area contributed by atoms with Gasteiger partial charge in [0.1, 0.15) is 0 Å². The van der Waals surface area contributed by atoms with Crippen molar-refractivity contribution >= 4 is 35.2 Å². The van der Waals surface area contributed by atoms with E-state index in [2.05, 4.69) is 0 Å². The number of carbonyl (C=O) groups is 4. The highest BCUT2D eigenvalue weighted by Crippen LogP contribution is 2.58. The Kier molecular flexibility index (Phi) is 6.32. The zero-order chi connectivity index (χ0) is 24.7. The SMILES string of the molecule is CCCl.O=C1C2C3C=CC(C2C(=O)N1Cc1ccccc1)C1C(=O)N(Cc2ccccc2)C(=O)C31. The molecule has 1 saturated carbocycles. The van der Waals surface area contributed by atoms with Crippen molar-refractivity contribution in [2.24, 2.45) is 35.5 Å². The van der Waals surface area contributed by atoms with Gasteiger partial charge in [-0.25, -0.2) is 0 Å². The number of hydrogen-bond acceptors (Lipinski definition) is 4. The molecule has 2 aromatic rings. The third kappa shape index (κ3) is 3.80. The van der Waals surface area contributed by atoms with E-state index in [0.717, 1.165) is 17.0 Å². The highest BCUT2D eigenvalue weighted by atomic mass is 35.5. The van der Waals surface area contributed by atoms with Crippen LogP contribution in [0.1, 0.15) is 18.1 Å². The minimum atomic E-state index is -0.559. The highest BCUT2D eigenvalue weighted by Gasteiger charge is 2.68. The Morgan fingerprint density at radius 1 is 0.600 bits per heavy atom. The fraction of sp³-hybridized carbons (Fsp3) is 0.357. The van der Waals surface area contributed by atoms with E-state index in [4.69, 9.17) is 11.6 Å². The molecule has 2 aromatic carbocycles. The van der Waals surface area contributed by atoms with Crippen LogP contribution >= 0.6 is 11.6 Å². The van der Waals surface area contributed by atoms with E-state index in [1.165, 1.54) is 9.80 Å². The Morgan fingerprint density at radius 2 is 0.886 bits per heavy atom. The number of likely N-dealkylation sites (tertiary alicyclic amines) is 2. The van der Waals surface area contributed by atoms with Gasteiger partial charge in [-0.15, -0.1) is 11.6 Å². The number of hydrogen-bond donors (Lipinski definition) is 0. The molecule has 0 radical (unpaired) electrons. The fourth-order valence-corrected chi connectivity index (χ4v) is 6.19. The maximum Gasteiger partial charge on any atom is 0.234 e. The van der Waals surface area contributed by atoms with Crippen LogP contribution in [0.4, 0.5) is 0 Å². The summed E-state index contributed by atoms with van der Waals surface area (Å²) in [6.45, 7) is 2.34. The molecule has 35 heavy (non-hydrogen) atoms. The standard InChI is InChI=1S/C26H22N2O4.C2H5Cl/c29-23-19-17-11-12-18(20(19)24(30)27(23)13-15-7-3-1-4-8-15)22-21(17)25(31)28(26(22)32)14-16-9-5-2-6-10-16;1-2-3/h1-12,17-22H,13-14H2;2H2,1H3. The lowest BCUT2D eigenvalue weighted by Gasteiger charge is -2.44. The smallest absolute Gasteiger partial charge is 0.234 e. The highest BCUT2D eigenvalue weighted by molar-refractivity contribution is 6.17. The summed E-state index contributed by atoms with van der Waals surface area (Å²) >= 11 is 5.00. The van der Waals surface area contributed by atoms with Gasteiger partial charge in [-0.1, -0.05) is 79.7 Å². The Bertz CT molecular complexity index is 1050. The average molecular weight is 491 g/mol. The van der Waals surface area contributed by atoms with Crippen molar-refractivity contribution in [3.8, 4) is 0 Å². The second kappa shape index (κ2) is 9.42. The van der Waals surface area contributed by atoms with Crippen LogP contribution in [0.3, 0.4) is 0 Å². The third-order valence-electron chi connectivity index (χ3n) is 7.56. The lowest BCUT2D eigenvalue weighted by atomic mass is 9.54. The number of carbonyl (C=O) groups excluding carboxylic acids is 4. The first kappa shape index (κ1) is 23.5. The maximum atomic E-state index is 13.4. The molecule has 7 heteroatoms. The van der Waals surface area contributed by atoms with E-state index >= 15 is 0 Å². The molecule has 0 spiro atoms. The zero-order valence-electron chi connectivity index (χ0n) is 19.4. The van der Waals surface area contributed by atoms with Crippen LogP contribution in [-0.2, 0) is 32.3 Å². The Labute approximate surface area is 209 Å². The van der Waals surface area contributed by atoms with Crippen LogP contribution in [-0.4, -0.2) is 39.3 Å². The van der Waals surface area contributed by atoms with Gasteiger partial charge in [0.05, 0.1) is 36.8 Å². The molecule has 0 N–H and O–H groups in total. The van der Waals surface area contributed by atoms with Gasteiger partial charge in [-0.3, -0.25) is 29.0 Å². The van der Waals surface area contributed by atoms with Crippen LogP contribution in [0.5, 0.6) is 0 Å². The van der Waals surface area contributed by atoms with Crippen LogP contribution in [0, 0.1) is 35.5 Å². The molecule has 3 fully saturated rings. The van der Waals surface area contributed by atoms with E-state index in [-0.39, 0.29) is 36.7 Å². The number of rotatable bonds is 4. The summed E-state index contributed by atoms with van der Waals surface area (Å²) in [7, 11) is 0. The predicted octanol–water partition coefficient (Wildman–Crippen LogP) is 3.65. The predicted molar refractivity (Wildman–Crippen MR) is 130 cm³/mol. The summed E-state index contributed by atoms with van der Waals surface area (Å²) in [4.78, 5) is 56.1. The first-order valence-corrected chi connectivity index (χ1v) is 12.5. The molecule has 4 unspecified atom stereocenters. The van der Waals surface area contributed by atoms with Crippen molar-refractivity contribution in [2.75, 3.05) is 5.88 Å².